The van der Waals surface area contributed by atoms with Gasteiger partial charge in [0.15, 0.2) is 0 Å². The molecule has 4 nitrogen and oxygen atoms in total. The molecule has 0 unspecified atom stereocenters. The minimum absolute atomic E-state index is 0.0888. The van der Waals surface area contributed by atoms with Crippen LogP contribution in [0.5, 0.6) is 0 Å². The molecule has 1 saturated heterocycles. The summed E-state index contributed by atoms with van der Waals surface area (Å²) in [7, 11) is 1.91. The fourth-order valence-corrected chi connectivity index (χ4v) is 2.76. The van der Waals surface area contributed by atoms with Gasteiger partial charge >= 0.3 is 0 Å². The third kappa shape index (κ3) is 2.38. The van der Waals surface area contributed by atoms with Crippen molar-refractivity contribution < 1.29 is 9.53 Å². The molecule has 2 rings (SSSR count). The van der Waals surface area contributed by atoms with Crippen molar-refractivity contribution in [3.63, 3.8) is 0 Å². The van der Waals surface area contributed by atoms with E-state index in [1.54, 1.807) is 0 Å². The zero-order valence-electron chi connectivity index (χ0n) is 10.0. The molecule has 1 aliphatic heterocycles. The maximum Gasteiger partial charge on any atom is 0.251 e. The first-order chi connectivity index (χ1) is 7.72. The number of nitrogens with two attached hydrogens (primary N) is 1. The van der Waals surface area contributed by atoms with Gasteiger partial charge in [-0.25, -0.2) is 0 Å². The van der Waals surface area contributed by atoms with Crippen LogP contribution in [0.2, 0.25) is 0 Å². The lowest BCUT2D eigenvalue weighted by Crippen LogP contribution is -2.42. The second kappa shape index (κ2) is 5.15. The topological polar surface area (TPSA) is 55.6 Å². The molecular formula is C12H22N2O2. The van der Waals surface area contributed by atoms with Crippen molar-refractivity contribution in [2.75, 3.05) is 13.6 Å². The average molecular weight is 226 g/mol. The van der Waals surface area contributed by atoms with Crippen LogP contribution in [-0.2, 0) is 9.53 Å². The third-order valence-electron chi connectivity index (χ3n) is 3.87. The number of hydrogen-bond acceptors (Lipinski definition) is 3. The van der Waals surface area contributed by atoms with E-state index in [2.05, 4.69) is 0 Å². The van der Waals surface area contributed by atoms with Crippen molar-refractivity contribution in [1.29, 1.82) is 0 Å². The first-order valence-electron chi connectivity index (χ1n) is 6.34. The molecule has 2 aliphatic rings. The van der Waals surface area contributed by atoms with Gasteiger partial charge in [-0.05, 0) is 25.7 Å². The molecule has 2 N–H and O–H groups in total. The first-order valence-corrected chi connectivity index (χ1v) is 6.34. The van der Waals surface area contributed by atoms with Crippen molar-refractivity contribution in [2.45, 2.75) is 56.8 Å². The fourth-order valence-electron chi connectivity index (χ4n) is 2.76. The molecular weight excluding hydrogens is 204 g/mol. The summed E-state index contributed by atoms with van der Waals surface area (Å²) in [4.78, 5) is 14.1. The van der Waals surface area contributed by atoms with Gasteiger partial charge in [-0.15, -0.1) is 0 Å². The molecule has 0 bridgehead atoms. The molecule has 0 aromatic carbocycles. The molecule has 1 heterocycles. The number of ether oxygens (including phenoxy) is 1. The number of likely N-dealkylation sites (N-methyl/N-ethyl adjacent to an activating group) is 1. The van der Waals surface area contributed by atoms with Crippen molar-refractivity contribution in [3.8, 4) is 0 Å². The van der Waals surface area contributed by atoms with Crippen molar-refractivity contribution >= 4 is 5.91 Å². The van der Waals surface area contributed by atoms with Gasteiger partial charge in [0.2, 0.25) is 0 Å². The maximum absolute atomic E-state index is 12.2. The number of nitrogens with zero attached hydrogens (tertiary/aromatic N) is 1. The van der Waals surface area contributed by atoms with E-state index in [-0.39, 0.29) is 18.1 Å². The number of hydrogen-bond donors (Lipinski definition) is 1. The Bertz CT molecular complexity index is 251. The van der Waals surface area contributed by atoms with E-state index in [9.17, 15) is 4.79 Å². The van der Waals surface area contributed by atoms with Crippen LogP contribution in [0.25, 0.3) is 0 Å². The van der Waals surface area contributed by atoms with Gasteiger partial charge in [0.05, 0.1) is 6.10 Å². The average Bonchev–Trinajstić information content (AvgIpc) is 2.97. The van der Waals surface area contributed by atoms with E-state index in [4.69, 9.17) is 10.5 Å². The summed E-state index contributed by atoms with van der Waals surface area (Å²) in [6.45, 7) is 0.525. The second-order valence-corrected chi connectivity index (χ2v) is 4.95. The van der Waals surface area contributed by atoms with Crippen LogP contribution in [0.15, 0.2) is 0 Å². The normalized spacial score (nSPS) is 30.9. The van der Waals surface area contributed by atoms with Gasteiger partial charge in [0.25, 0.3) is 5.91 Å². The van der Waals surface area contributed by atoms with Crippen LogP contribution in [0.1, 0.15) is 38.5 Å². The molecule has 1 saturated carbocycles. The van der Waals surface area contributed by atoms with Gasteiger partial charge in [-0.3, -0.25) is 4.79 Å². The zero-order valence-corrected chi connectivity index (χ0v) is 10.0. The molecule has 16 heavy (non-hydrogen) atoms. The van der Waals surface area contributed by atoms with E-state index in [0.717, 1.165) is 25.7 Å². The monoisotopic (exact) mass is 226 g/mol. The Kier molecular flexibility index (Phi) is 3.82. The molecule has 1 aliphatic carbocycles. The quantitative estimate of drug-likeness (QED) is 0.777. The van der Waals surface area contributed by atoms with Crippen LogP contribution in [0.3, 0.4) is 0 Å². The summed E-state index contributed by atoms with van der Waals surface area (Å²) in [5, 5.41) is 0. The highest BCUT2D eigenvalue weighted by molar-refractivity contribution is 5.81. The van der Waals surface area contributed by atoms with E-state index in [1.807, 2.05) is 11.9 Å². The molecule has 92 valence electrons. The Morgan fingerprint density at radius 1 is 1.31 bits per heavy atom. The van der Waals surface area contributed by atoms with Gasteiger partial charge in [0.1, 0.15) is 6.10 Å². The predicted molar refractivity (Wildman–Crippen MR) is 62.0 cm³/mol. The van der Waals surface area contributed by atoms with Crippen LogP contribution in [0, 0.1) is 0 Å². The van der Waals surface area contributed by atoms with Crippen LogP contribution in [-0.4, -0.2) is 42.6 Å². The minimum atomic E-state index is -0.237. The molecule has 2 atom stereocenters. The Labute approximate surface area is 97.1 Å². The maximum atomic E-state index is 12.2. The van der Waals surface area contributed by atoms with Crippen molar-refractivity contribution in [2.24, 2.45) is 5.73 Å². The number of rotatable bonds is 3. The van der Waals surface area contributed by atoms with Crippen molar-refractivity contribution in [1.82, 2.24) is 4.90 Å². The third-order valence-corrected chi connectivity index (χ3v) is 3.87. The van der Waals surface area contributed by atoms with Crippen LogP contribution < -0.4 is 5.73 Å². The van der Waals surface area contributed by atoms with Gasteiger partial charge < -0.3 is 15.4 Å². The molecule has 2 fully saturated rings. The first kappa shape index (κ1) is 11.9. The van der Waals surface area contributed by atoms with Gasteiger partial charge in [-0.2, -0.15) is 0 Å². The second-order valence-electron chi connectivity index (χ2n) is 4.95. The smallest absolute Gasteiger partial charge is 0.251 e. The van der Waals surface area contributed by atoms with Gasteiger partial charge in [-0.1, -0.05) is 12.8 Å². The Morgan fingerprint density at radius 2 is 2.00 bits per heavy atom. The highest BCUT2D eigenvalue weighted by Gasteiger charge is 2.34. The summed E-state index contributed by atoms with van der Waals surface area (Å²) in [5.74, 6) is 0.155. The van der Waals surface area contributed by atoms with Crippen LogP contribution in [0.4, 0.5) is 0 Å². The summed E-state index contributed by atoms with van der Waals surface area (Å²) >= 11 is 0. The summed E-state index contributed by atoms with van der Waals surface area (Å²) in [6, 6.07) is 0.438. The lowest BCUT2D eigenvalue weighted by Gasteiger charge is -2.27. The molecule has 0 aromatic rings. The Hall–Kier alpha value is -0.610. The summed E-state index contributed by atoms with van der Waals surface area (Å²) < 4.78 is 5.64. The lowest BCUT2D eigenvalue weighted by atomic mass is 10.1. The molecule has 0 radical (unpaired) electrons. The Morgan fingerprint density at radius 3 is 2.56 bits per heavy atom. The largest absolute Gasteiger partial charge is 0.364 e. The van der Waals surface area contributed by atoms with Crippen molar-refractivity contribution in [3.05, 3.63) is 0 Å². The minimum Gasteiger partial charge on any atom is -0.364 e. The fraction of sp³-hybridized carbons (Fsp3) is 0.917. The molecule has 4 heteroatoms. The molecule has 1 amide bonds. The number of amides is 1. The number of carbonyl (C=O) groups is 1. The van der Waals surface area contributed by atoms with E-state index >= 15 is 0 Å². The van der Waals surface area contributed by atoms with Crippen LogP contribution >= 0.6 is 0 Å². The highest BCUT2D eigenvalue weighted by atomic mass is 16.5. The lowest BCUT2D eigenvalue weighted by molar-refractivity contribution is -0.143. The molecule has 0 aromatic heterocycles. The SMILES string of the molecule is CN(C(=O)[C@@H]1CC[C@H](CN)O1)C1CCCC1. The Balaban J connectivity index is 1.87. The highest BCUT2D eigenvalue weighted by Crippen LogP contribution is 2.26. The summed E-state index contributed by atoms with van der Waals surface area (Å²) in [6.07, 6.45) is 6.40. The zero-order chi connectivity index (χ0) is 11.5. The van der Waals surface area contributed by atoms with E-state index < -0.39 is 0 Å². The summed E-state index contributed by atoms with van der Waals surface area (Å²) in [5.41, 5.74) is 5.54. The van der Waals surface area contributed by atoms with E-state index in [1.165, 1.54) is 12.8 Å². The standard InChI is InChI=1S/C12H22N2O2/c1-14(9-4-2-3-5-9)12(15)11-7-6-10(8-13)16-11/h9-11H,2-8,13H2,1H3/t10-,11+/m1/s1. The van der Waals surface area contributed by atoms with E-state index in [0.29, 0.717) is 12.6 Å². The predicted octanol–water partition coefficient (Wildman–Crippen LogP) is 0.894. The number of carbonyl (C=O) groups excluding carboxylic acids is 1. The molecule has 0 spiro atoms. The van der Waals surface area contributed by atoms with Gasteiger partial charge in [0, 0.05) is 19.6 Å².